The van der Waals surface area contributed by atoms with Crippen LogP contribution in [0.1, 0.15) is 38.2 Å². The van der Waals surface area contributed by atoms with Crippen molar-refractivity contribution >= 4 is 61.2 Å². The number of amides is 2. The molecule has 57 heavy (non-hydrogen) atoms. The Bertz CT molecular complexity index is 2560. The third-order valence-corrected chi connectivity index (χ3v) is 8.82. The maximum atomic E-state index is 14.6. The molecule has 5 aromatic rings. The number of carbonyl (C=O) groups excluding carboxylic acids is 2. The molecule has 3 heterocycles. The topological polar surface area (TPSA) is 176 Å². The van der Waals surface area contributed by atoms with E-state index in [4.69, 9.17) is 16.3 Å². The van der Waals surface area contributed by atoms with Crippen molar-refractivity contribution in [1.82, 2.24) is 29.6 Å². The van der Waals surface area contributed by atoms with Gasteiger partial charge in [-0.1, -0.05) is 11.6 Å². The highest BCUT2D eigenvalue weighted by Gasteiger charge is 2.58. The molecule has 0 spiro atoms. The van der Waals surface area contributed by atoms with E-state index in [1.165, 1.54) is 44.6 Å². The molecule has 0 aliphatic heterocycles. The van der Waals surface area contributed by atoms with Gasteiger partial charge in [-0.3, -0.25) is 18.8 Å². The van der Waals surface area contributed by atoms with Crippen LogP contribution in [-0.4, -0.2) is 81.0 Å². The number of aryl methyl sites for hydroxylation is 1. The van der Waals surface area contributed by atoms with Gasteiger partial charge in [0.2, 0.25) is 11.8 Å². The minimum atomic E-state index is -5.97. The third-order valence-electron chi connectivity index (χ3n) is 7.72. The number of aromatic nitrogens is 5. The lowest BCUT2D eigenvalue weighted by atomic mass is 10.0. The van der Waals surface area contributed by atoms with Crippen LogP contribution in [0.3, 0.4) is 0 Å². The zero-order valence-corrected chi connectivity index (χ0v) is 31.8. The first kappa shape index (κ1) is 42.6. The van der Waals surface area contributed by atoms with Crippen LogP contribution in [0, 0.1) is 11.6 Å². The van der Waals surface area contributed by atoms with Gasteiger partial charge in [-0.05, 0) is 56.7 Å². The van der Waals surface area contributed by atoms with Crippen LogP contribution < -0.4 is 20.9 Å². The van der Waals surface area contributed by atoms with Crippen LogP contribution in [-0.2, 0) is 32.8 Å². The number of pyridine rings is 1. The number of benzene rings is 2. The van der Waals surface area contributed by atoms with Crippen molar-refractivity contribution in [2.45, 2.75) is 50.9 Å². The van der Waals surface area contributed by atoms with Crippen molar-refractivity contribution in [3.63, 3.8) is 0 Å². The Labute approximate surface area is 322 Å². The predicted molar refractivity (Wildman–Crippen MR) is 191 cm³/mol. The number of halogens is 8. The van der Waals surface area contributed by atoms with Gasteiger partial charge < -0.3 is 20.1 Å². The van der Waals surface area contributed by atoms with Crippen molar-refractivity contribution < 1.29 is 58.2 Å². The monoisotopic (exact) mass is 849 g/mol. The molecule has 1 atom stereocenters. The van der Waals surface area contributed by atoms with Crippen LogP contribution in [0.2, 0.25) is 5.02 Å². The molecular formula is C34H31ClF7N7O7S. The molecular weight excluding hydrogens is 819 g/mol. The minimum Gasteiger partial charge on any atom is -0.471 e. The second kappa shape index (κ2) is 15.4. The highest BCUT2D eigenvalue weighted by Crippen LogP contribution is 2.37. The van der Waals surface area contributed by atoms with E-state index in [1.807, 2.05) is 0 Å². The van der Waals surface area contributed by atoms with Gasteiger partial charge in [0, 0.05) is 31.9 Å². The third kappa shape index (κ3) is 9.90. The molecule has 2 amide bonds. The van der Waals surface area contributed by atoms with Gasteiger partial charge in [-0.25, -0.2) is 27.0 Å². The molecule has 2 N–H and O–H groups in total. The largest absolute Gasteiger partial charge is 0.471 e. The zero-order chi connectivity index (χ0) is 42.4. The number of ether oxygens (including phenoxy) is 2. The molecule has 3 aromatic heterocycles. The molecule has 0 aliphatic rings. The first-order chi connectivity index (χ1) is 26.2. The van der Waals surface area contributed by atoms with Gasteiger partial charge in [0.15, 0.2) is 27.9 Å². The van der Waals surface area contributed by atoms with Crippen LogP contribution >= 0.6 is 11.6 Å². The van der Waals surface area contributed by atoms with E-state index in [-0.39, 0.29) is 38.4 Å². The van der Waals surface area contributed by atoms with Gasteiger partial charge in [0.1, 0.15) is 28.8 Å². The van der Waals surface area contributed by atoms with Gasteiger partial charge in [0.25, 0.3) is 5.56 Å². The number of alkyl carbamates (subject to hydrolysis) is 1. The van der Waals surface area contributed by atoms with E-state index in [9.17, 15) is 53.5 Å². The first-order valence-electron chi connectivity index (χ1n) is 16.3. The Hall–Kier alpha value is -5.51. The second-order valence-electron chi connectivity index (χ2n) is 13.7. The summed E-state index contributed by atoms with van der Waals surface area (Å²) in [7, 11) is -2.42. The fourth-order valence-corrected chi connectivity index (χ4v) is 6.30. The number of alkyl halides is 5. The Morgan fingerprint density at radius 1 is 0.982 bits per heavy atom. The zero-order valence-electron chi connectivity index (χ0n) is 30.3. The summed E-state index contributed by atoms with van der Waals surface area (Å²) in [5.74, 6) is -10.7. The Kier molecular flexibility index (Phi) is 11.5. The number of hydrogen-bond acceptors (Lipinski definition) is 10. The normalized spacial score (nSPS) is 13.1. The number of fused-ring (bicyclic) bond motifs is 2. The van der Waals surface area contributed by atoms with Crippen LogP contribution in [0.4, 0.5) is 41.3 Å². The lowest BCUT2D eigenvalue weighted by Crippen LogP contribution is -2.41. The molecule has 0 radical (unpaired) electrons. The van der Waals surface area contributed by atoms with Gasteiger partial charge in [-0.2, -0.15) is 32.0 Å². The van der Waals surface area contributed by atoms with E-state index in [0.29, 0.717) is 6.07 Å². The number of rotatable bonds is 11. The van der Waals surface area contributed by atoms with Crippen LogP contribution in [0.25, 0.3) is 27.6 Å². The van der Waals surface area contributed by atoms with E-state index in [1.54, 1.807) is 0 Å². The number of anilines is 1. The SMILES string of the molecule is Cn1nc(NC(=O)CS(C)(=O)=O)c2c(Cl)ccc(-n3c([C@H](Cc4cc(F)cc(F)c4)NC(=O)OC(C)(C)C)nc4nc(OCC(F)(F)C(F)(F)F)ccc4c3=O)c21. The van der Waals surface area contributed by atoms with E-state index < -0.39 is 98.9 Å². The summed E-state index contributed by atoms with van der Waals surface area (Å²) in [5.41, 5.74) is -2.84. The predicted octanol–water partition coefficient (Wildman–Crippen LogP) is 5.97. The molecule has 0 unspecified atom stereocenters. The summed E-state index contributed by atoms with van der Waals surface area (Å²) in [5, 5.41) is 8.70. The molecule has 0 aliphatic carbocycles. The average molecular weight is 850 g/mol. The Morgan fingerprint density at radius 2 is 1.63 bits per heavy atom. The van der Waals surface area contributed by atoms with Crippen LogP contribution in [0.5, 0.6) is 5.88 Å². The number of nitrogens with zero attached hydrogens (tertiary/aromatic N) is 5. The van der Waals surface area contributed by atoms with Crippen LogP contribution in [0.15, 0.2) is 47.3 Å². The van der Waals surface area contributed by atoms with E-state index in [0.717, 1.165) is 35.1 Å². The minimum absolute atomic E-state index is 0.00668. The summed E-state index contributed by atoms with van der Waals surface area (Å²) in [4.78, 5) is 48.8. The van der Waals surface area contributed by atoms with Gasteiger partial charge in [-0.15, -0.1) is 0 Å². The Balaban J connectivity index is 1.80. The van der Waals surface area contributed by atoms with Crippen molar-refractivity contribution in [3.8, 4) is 11.6 Å². The molecule has 0 bridgehead atoms. The summed E-state index contributed by atoms with van der Waals surface area (Å²) >= 11 is 6.55. The molecule has 2 aromatic carbocycles. The summed E-state index contributed by atoms with van der Waals surface area (Å²) in [6.45, 7) is 2.40. The van der Waals surface area contributed by atoms with Gasteiger partial charge in [0.05, 0.1) is 33.0 Å². The summed E-state index contributed by atoms with van der Waals surface area (Å²) in [6, 6.07) is 5.27. The molecule has 23 heteroatoms. The number of hydrogen-bond donors (Lipinski definition) is 2. The molecule has 306 valence electrons. The first-order valence-corrected chi connectivity index (χ1v) is 18.8. The van der Waals surface area contributed by atoms with Crippen molar-refractivity contribution in [1.29, 1.82) is 0 Å². The van der Waals surface area contributed by atoms with E-state index in [2.05, 4.69) is 30.4 Å². The molecule has 14 nitrogen and oxygen atoms in total. The standard InChI is InChI=1S/C34H31ClF7N7O7S/c1-32(2,3)56-31(52)43-21(12-16-10-17(36)13-18(37)11-16)29-46-27-19(6-9-24(45-27)55-15-33(38,39)34(40,41)42)30(51)49(29)22-8-7-20(35)25-26(22)48(4)47-28(25)44-23(50)14-57(5,53)54/h6-11,13,21H,12,14-15H2,1-5H3,(H,43,52)(H,44,47,50)/t21-/m0/s1. The van der Waals surface area contributed by atoms with Crippen molar-refractivity contribution in [3.05, 3.63) is 80.9 Å². The quantitative estimate of drug-likeness (QED) is 0.151. The molecule has 5 rings (SSSR count). The lowest BCUT2D eigenvalue weighted by Gasteiger charge is -2.26. The summed E-state index contributed by atoms with van der Waals surface area (Å²) in [6.07, 6.45) is -6.75. The summed E-state index contributed by atoms with van der Waals surface area (Å²) < 4.78 is 131. The maximum absolute atomic E-state index is 14.6. The fraction of sp³-hybridized carbons (Fsp3) is 0.353. The number of sulfone groups is 1. The molecule has 0 saturated heterocycles. The van der Waals surface area contributed by atoms with Gasteiger partial charge >= 0.3 is 18.2 Å². The fourth-order valence-electron chi connectivity index (χ4n) is 5.51. The average Bonchev–Trinajstić information content (AvgIpc) is 3.37. The highest BCUT2D eigenvalue weighted by molar-refractivity contribution is 7.91. The van der Waals surface area contributed by atoms with Crippen molar-refractivity contribution in [2.75, 3.05) is 23.9 Å². The number of nitrogens with one attached hydrogen (secondary N) is 2. The molecule has 0 saturated carbocycles. The lowest BCUT2D eigenvalue weighted by molar-refractivity contribution is -0.290. The molecule has 0 fully saturated rings. The maximum Gasteiger partial charge on any atom is 0.456 e. The Morgan fingerprint density at radius 3 is 2.23 bits per heavy atom. The highest BCUT2D eigenvalue weighted by atomic mass is 35.5. The smallest absolute Gasteiger partial charge is 0.456 e. The number of carbonyl (C=O) groups is 2. The van der Waals surface area contributed by atoms with Crippen molar-refractivity contribution in [2.24, 2.45) is 7.05 Å². The second-order valence-corrected chi connectivity index (χ2v) is 16.2. The van der Waals surface area contributed by atoms with E-state index >= 15 is 0 Å².